The first-order chi connectivity index (χ1) is 17.9. The highest BCUT2D eigenvalue weighted by Gasteiger charge is 2.48. The van der Waals surface area contributed by atoms with Crippen LogP contribution in [0.25, 0.3) is 0 Å². The van der Waals surface area contributed by atoms with E-state index in [0.29, 0.717) is 0 Å². The van der Waals surface area contributed by atoms with Gasteiger partial charge in [0, 0.05) is 6.92 Å². The van der Waals surface area contributed by atoms with Crippen LogP contribution in [0, 0.1) is 10.8 Å². The summed E-state index contributed by atoms with van der Waals surface area (Å²) in [5.41, 5.74) is -2.49. The second-order valence-electron chi connectivity index (χ2n) is 11.0. The Morgan fingerprint density at radius 2 is 1.14 bits per heavy atom. The standard InChI is InChI=1S/C24H41NO14.4CH4/c1-6-24(5,22(35)37-8-12-15(28)17(30)18(31)20(33)39-12)9-23(3,4)21(34)36-7-11-14(27)16(29)13(19(32)38-11)25-10(2)26;;;;/h11-20,27-33H,6-9H2,1-5H3,(H,25,26);4*1H4/t11?,12?,13?,14-,15-,16-,17+,18?,19-,20-,24?;;;;/m1..../s1. The first kappa shape index (κ1) is 45.5. The maximum Gasteiger partial charge on any atom is 0.311 e. The summed E-state index contributed by atoms with van der Waals surface area (Å²) in [7, 11) is 0. The Morgan fingerprint density at radius 3 is 1.60 bits per heavy atom. The van der Waals surface area contributed by atoms with Gasteiger partial charge in [0.1, 0.15) is 62.0 Å². The van der Waals surface area contributed by atoms with E-state index in [4.69, 9.17) is 18.9 Å². The number of hydrogen-bond acceptors (Lipinski definition) is 14. The molecule has 15 heteroatoms. The van der Waals surface area contributed by atoms with Crippen molar-refractivity contribution in [3.63, 3.8) is 0 Å². The number of aliphatic hydroxyl groups excluding tert-OH is 7. The van der Waals surface area contributed by atoms with Crippen LogP contribution in [0.2, 0.25) is 0 Å². The summed E-state index contributed by atoms with van der Waals surface area (Å²) in [6, 6.07) is -1.28. The molecule has 0 aromatic carbocycles. The molecule has 0 aromatic rings. The molecule has 5 unspecified atom stereocenters. The first-order valence-electron chi connectivity index (χ1n) is 12.6. The number of carbonyl (C=O) groups is 3. The molecule has 2 heterocycles. The summed E-state index contributed by atoms with van der Waals surface area (Å²) in [4.78, 5) is 37.2. The Balaban J connectivity index is -0.00000400. The van der Waals surface area contributed by atoms with Gasteiger partial charge in [-0.2, -0.15) is 0 Å². The van der Waals surface area contributed by atoms with Crippen molar-refractivity contribution in [1.29, 1.82) is 0 Å². The average Bonchev–Trinajstić information content (AvgIpc) is 2.86. The number of nitrogens with one attached hydrogen (secondary N) is 1. The summed E-state index contributed by atoms with van der Waals surface area (Å²) in [5.74, 6) is -2.09. The zero-order valence-corrected chi connectivity index (χ0v) is 22.6. The molecule has 0 bridgehead atoms. The molecule has 2 saturated heterocycles. The van der Waals surface area contributed by atoms with Crippen LogP contribution < -0.4 is 5.32 Å². The minimum Gasteiger partial charge on any atom is -0.462 e. The van der Waals surface area contributed by atoms with E-state index < -0.39 is 103 Å². The number of ether oxygens (including phenoxy) is 4. The topological polar surface area (TPSA) is 242 Å². The molecule has 0 radical (unpaired) electrons. The Morgan fingerprint density at radius 1 is 0.698 bits per heavy atom. The number of amides is 1. The fourth-order valence-electron chi connectivity index (χ4n) is 4.62. The van der Waals surface area contributed by atoms with Gasteiger partial charge in [-0.15, -0.1) is 0 Å². The third-order valence-corrected chi connectivity index (χ3v) is 7.19. The summed E-state index contributed by atoms with van der Waals surface area (Å²) in [6.07, 6.45) is -14.1. The molecule has 2 aliphatic heterocycles. The smallest absolute Gasteiger partial charge is 0.311 e. The molecule has 43 heavy (non-hydrogen) atoms. The second kappa shape index (κ2) is 18.1. The van der Waals surface area contributed by atoms with Gasteiger partial charge >= 0.3 is 11.9 Å². The molecule has 0 aromatic heterocycles. The van der Waals surface area contributed by atoms with E-state index in [0.717, 1.165) is 6.92 Å². The molecule has 258 valence electrons. The lowest BCUT2D eigenvalue weighted by Crippen LogP contribution is -2.64. The molecule has 11 atom stereocenters. The van der Waals surface area contributed by atoms with Crippen molar-refractivity contribution in [3.8, 4) is 0 Å². The molecule has 2 aliphatic rings. The number of rotatable bonds is 10. The lowest BCUT2D eigenvalue weighted by molar-refractivity contribution is -0.288. The Hall–Kier alpha value is -1.95. The summed E-state index contributed by atoms with van der Waals surface area (Å²) in [6.45, 7) is 6.38. The van der Waals surface area contributed by atoms with E-state index in [2.05, 4.69) is 5.32 Å². The van der Waals surface area contributed by atoms with E-state index in [1.54, 1.807) is 13.8 Å². The Kier molecular flexibility index (Phi) is 19.2. The molecular formula is C28H57NO14. The van der Waals surface area contributed by atoms with Crippen LogP contribution in [-0.2, 0) is 33.3 Å². The number of esters is 2. The predicted octanol–water partition coefficient (Wildman–Crippen LogP) is -0.807. The third-order valence-electron chi connectivity index (χ3n) is 7.19. The zero-order chi connectivity index (χ0) is 29.9. The van der Waals surface area contributed by atoms with Crippen LogP contribution in [0.1, 0.15) is 77.2 Å². The van der Waals surface area contributed by atoms with Gasteiger partial charge in [-0.05, 0) is 33.6 Å². The van der Waals surface area contributed by atoms with Crippen molar-refractivity contribution in [3.05, 3.63) is 0 Å². The fraction of sp³-hybridized carbons (Fsp3) is 0.893. The van der Waals surface area contributed by atoms with Crippen molar-refractivity contribution in [1.82, 2.24) is 5.32 Å². The van der Waals surface area contributed by atoms with Crippen LogP contribution in [0.4, 0.5) is 0 Å². The van der Waals surface area contributed by atoms with Crippen molar-refractivity contribution in [2.75, 3.05) is 13.2 Å². The summed E-state index contributed by atoms with van der Waals surface area (Å²) < 4.78 is 20.8. The van der Waals surface area contributed by atoms with Gasteiger partial charge in [-0.3, -0.25) is 14.4 Å². The molecule has 0 spiro atoms. The van der Waals surface area contributed by atoms with Gasteiger partial charge in [0.05, 0.1) is 10.8 Å². The van der Waals surface area contributed by atoms with E-state index >= 15 is 0 Å². The van der Waals surface area contributed by atoms with Crippen molar-refractivity contribution in [2.45, 2.75) is 139 Å². The van der Waals surface area contributed by atoms with E-state index in [1.165, 1.54) is 13.8 Å². The third kappa shape index (κ3) is 10.9. The maximum atomic E-state index is 13.0. The molecule has 0 saturated carbocycles. The molecule has 1 amide bonds. The summed E-state index contributed by atoms with van der Waals surface area (Å²) >= 11 is 0. The van der Waals surface area contributed by atoms with Crippen molar-refractivity contribution >= 4 is 17.8 Å². The minimum absolute atomic E-state index is 0. The van der Waals surface area contributed by atoms with Crippen LogP contribution in [0.15, 0.2) is 0 Å². The van der Waals surface area contributed by atoms with Gasteiger partial charge in [0.25, 0.3) is 0 Å². The van der Waals surface area contributed by atoms with Crippen molar-refractivity contribution < 1.29 is 69.1 Å². The van der Waals surface area contributed by atoms with Crippen LogP contribution in [-0.4, -0.2) is 128 Å². The van der Waals surface area contributed by atoms with Crippen LogP contribution in [0.5, 0.6) is 0 Å². The van der Waals surface area contributed by atoms with Crippen LogP contribution >= 0.6 is 0 Å². The van der Waals surface area contributed by atoms with E-state index in [1.807, 2.05) is 0 Å². The lowest BCUT2D eigenvalue weighted by Gasteiger charge is -2.41. The molecule has 2 fully saturated rings. The molecular weight excluding hydrogens is 574 g/mol. The van der Waals surface area contributed by atoms with Crippen molar-refractivity contribution in [2.24, 2.45) is 10.8 Å². The number of aliphatic hydroxyl groups is 7. The number of carbonyl (C=O) groups excluding carboxylic acids is 3. The minimum atomic E-state index is -1.79. The molecule has 2 rings (SSSR count). The second-order valence-corrected chi connectivity index (χ2v) is 11.0. The predicted molar refractivity (Wildman–Crippen MR) is 155 cm³/mol. The van der Waals surface area contributed by atoms with Crippen LogP contribution in [0.3, 0.4) is 0 Å². The molecule has 0 aliphatic carbocycles. The maximum absolute atomic E-state index is 13.0. The SMILES string of the molecule is C.C.C.C.CCC(C)(CC(C)(C)C(=O)OCC1O[C@@H](O)C(NC(C)=O)[C@@H](O)[C@@H]1O)C(=O)OCC1O[C@@H](O)C(O)[C@@H](O)[C@@H]1O. The van der Waals surface area contributed by atoms with Gasteiger partial charge in [0.2, 0.25) is 5.91 Å². The van der Waals surface area contributed by atoms with Gasteiger partial charge < -0.3 is 60.0 Å². The van der Waals surface area contributed by atoms with Gasteiger partial charge in [-0.1, -0.05) is 36.6 Å². The Labute approximate surface area is 255 Å². The highest BCUT2D eigenvalue weighted by Crippen LogP contribution is 2.39. The van der Waals surface area contributed by atoms with E-state index in [9.17, 15) is 50.1 Å². The first-order valence-corrected chi connectivity index (χ1v) is 12.6. The highest BCUT2D eigenvalue weighted by atomic mass is 16.7. The number of hydrogen-bond donors (Lipinski definition) is 8. The monoisotopic (exact) mass is 631 g/mol. The van der Waals surface area contributed by atoms with E-state index in [-0.39, 0.29) is 42.5 Å². The normalized spacial score (nSPS) is 33.5. The van der Waals surface area contributed by atoms with Gasteiger partial charge in [0.15, 0.2) is 12.6 Å². The fourth-order valence-corrected chi connectivity index (χ4v) is 4.62. The zero-order valence-electron chi connectivity index (χ0n) is 22.6. The highest BCUT2D eigenvalue weighted by molar-refractivity contribution is 5.80. The quantitative estimate of drug-likeness (QED) is 0.138. The average molecular weight is 632 g/mol. The lowest BCUT2D eigenvalue weighted by atomic mass is 9.72. The van der Waals surface area contributed by atoms with Gasteiger partial charge in [-0.25, -0.2) is 0 Å². The molecule has 8 N–H and O–H groups in total. The molecule has 15 nitrogen and oxygen atoms in total. The largest absolute Gasteiger partial charge is 0.462 e. The Bertz CT molecular complexity index is 872. The summed E-state index contributed by atoms with van der Waals surface area (Å²) in [5, 5.41) is 72.0.